The molecule has 0 spiro atoms. The number of nitrogens with zero attached hydrogens (tertiary/aromatic N) is 1. The van der Waals surface area contributed by atoms with Crippen molar-refractivity contribution in [3.63, 3.8) is 0 Å². The van der Waals surface area contributed by atoms with Crippen LogP contribution in [0.2, 0.25) is 0 Å². The molecule has 1 unspecified atom stereocenters. The highest BCUT2D eigenvalue weighted by molar-refractivity contribution is 5.84. The number of methoxy groups -OCH3 is 1. The smallest absolute Gasteiger partial charge is 0.219 e. The quantitative estimate of drug-likeness (QED) is 0.853. The molecule has 1 aromatic carbocycles. The normalized spacial score (nSPS) is 21.6. The number of rotatable bonds is 6. The van der Waals surface area contributed by atoms with Gasteiger partial charge in [0.1, 0.15) is 5.82 Å². The van der Waals surface area contributed by atoms with Crippen LogP contribution < -0.4 is 5.73 Å². The molecule has 24 heavy (non-hydrogen) atoms. The second kappa shape index (κ2) is 6.53. The number of H-pyrrole nitrogens is 1. The van der Waals surface area contributed by atoms with Crippen LogP contribution >= 0.6 is 0 Å². The Morgan fingerprint density at radius 1 is 1.50 bits per heavy atom. The molecule has 5 nitrogen and oxygen atoms in total. The molecule has 0 aliphatic carbocycles. The van der Waals surface area contributed by atoms with Crippen LogP contribution in [0.4, 0.5) is 4.39 Å². The Morgan fingerprint density at radius 2 is 2.29 bits per heavy atom. The van der Waals surface area contributed by atoms with Crippen molar-refractivity contribution in [1.29, 1.82) is 0 Å². The number of nitrogens with two attached hydrogens (primary N) is 1. The number of nitrogens with one attached hydrogen (secondary N) is 1. The van der Waals surface area contributed by atoms with Crippen molar-refractivity contribution < 1.29 is 13.9 Å². The molecule has 1 aromatic heterocycles. The van der Waals surface area contributed by atoms with E-state index < -0.39 is 0 Å². The van der Waals surface area contributed by atoms with Crippen LogP contribution in [-0.2, 0) is 16.1 Å². The van der Waals surface area contributed by atoms with Gasteiger partial charge in [0.25, 0.3) is 0 Å². The maximum absolute atomic E-state index is 13.5. The van der Waals surface area contributed by atoms with Gasteiger partial charge in [-0.3, -0.25) is 9.69 Å². The minimum Gasteiger partial charge on any atom is -0.383 e. The lowest BCUT2D eigenvalue weighted by Crippen LogP contribution is -2.49. The number of likely N-dealkylation sites (tertiary alicyclic amines) is 1. The predicted octanol–water partition coefficient (Wildman–Crippen LogP) is 2.47. The minimum absolute atomic E-state index is 0.236. The molecule has 6 heteroatoms. The molecule has 0 saturated carbocycles. The molecule has 1 fully saturated rings. The van der Waals surface area contributed by atoms with Gasteiger partial charge in [-0.15, -0.1) is 0 Å². The van der Waals surface area contributed by atoms with Crippen molar-refractivity contribution in [3.8, 4) is 0 Å². The average Bonchev–Trinajstić information content (AvgIpc) is 3.02. The van der Waals surface area contributed by atoms with Gasteiger partial charge in [0.05, 0.1) is 12.1 Å². The number of benzene rings is 1. The lowest BCUT2D eigenvalue weighted by Gasteiger charge is -2.37. The fourth-order valence-corrected chi connectivity index (χ4v) is 3.95. The second-order valence-corrected chi connectivity index (χ2v) is 6.74. The summed E-state index contributed by atoms with van der Waals surface area (Å²) < 4.78 is 18.9. The number of amides is 1. The van der Waals surface area contributed by atoms with Gasteiger partial charge in [-0.2, -0.15) is 0 Å². The van der Waals surface area contributed by atoms with E-state index >= 15 is 0 Å². The Bertz CT molecular complexity index is 758. The van der Waals surface area contributed by atoms with Gasteiger partial charge < -0.3 is 15.5 Å². The van der Waals surface area contributed by atoms with Crippen molar-refractivity contribution in [1.82, 2.24) is 9.88 Å². The van der Waals surface area contributed by atoms with Crippen molar-refractivity contribution >= 4 is 16.8 Å². The van der Waals surface area contributed by atoms with Crippen LogP contribution in [-0.4, -0.2) is 41.6 Å². The molecule has 0 radical (unpaired) electrons. The molecule has 1 aliphatic heterocycles. The second-order valence-electron chi connectivity index (χ2n) is 6.74. The van der Waals surface area contributed by atoms with Crippen LogP contribution in [0.5, 0.6) is 0 Å². The summed E-state index contributed by atoms with van der Waals surface area (Å²) >= 11 is 0. The lowest BCUT2D eigenvalue weighted by atomic mass is 9.92. The largest absolute Gasteiger partial charge is 0.383 e. The summed E-state index contributed by atoms with van der Waals surface area (Å²) in [5.41, 5.74) is 8.14. The summed E-state index contributed by atoms with van der Waals surface area (Å²) in [5.74, 6) is -0.547. The molecule has 1 aliphatic rings. The molecule has 3 N–H and O–H groups in total. The molecule has 130 valence electrons. The summed E-state index contributed by atoms with van der Waals surface area (Å²) in [5, 5.41) is 0.899. The first-order valence-corrected chi connectivity index (χ1v) is 8.24. The standard InChI is InChI=1S/C18H24FN3O2/c1-12-14-8-13(19)4-5-15(14)21-16(12)10-22-7-3-6-18(22,11-24-2)9-17(20)23/h4-5,8,21H,3,6-7,9-11H2,1-2H3,(H2,20,23). The van der Waals surface area contributed by atoms with Gasteiger partial charge in [0.2, 0.25) is 5.91 Å². The third-order valence-corrected chi connectivity index (χ3v) is 5.13. The summed E-state index contributed by atoms with van der Waals surface area (Å²) in [6.07, 6.45) is 2.18. The number of primary amides is 1. The number of carbonyl (C=O) groups excluding carboxylic acids is 1. The van der Waals surface area contributed by atoms with Crippen molar-refractivity contribution in [2.75, 3.05) is 20.3 Å². The van der Waals surface area contributed by atoms with E-state index in [-0.39, 0.29) is 23.7 Å². The Balaban J connectivity index is 1.91. The molecular formula is C18H24FN3O2. The summed E-state index contributed by atoms with van der Waals surface area (Å²) in [6.45, 7) is 4.03. The van der Waals surface area contributed by atoms with E-state index in [9.17, 15) is 9.18 Å². The van der Waals surface area contributed by atoms with Crippen LogP contribution in [0.15, 0.2) is 18.2 Å². The highest BCUT2D eigenvalue weighted by Gasteiger charge is 2.42. The number of ether oxygens (including phenoxy) is 1. The molecule has 1 amide bonds. The van der Waals surface area contributed by atoms with E-state index in [0.29, 0.717) is 13.2 Å². The first-order chi connectivity index (χ1) is 11.4. The van der Waals surface area contributed by atoms with Crippen molar-refractivity contribution in [2.24, 2.45) is 5.73 Å². The number of carbonyl (C=O) groups is 1. The van der Waals surface area contributed by atoms with Crippen LogP contribution in [0.25, 0.3) is 10.9 Å². The number of aromatic amines is 1. The molecule has 1 saturated heterocycles. The van der Waals surface area contributed by atoms with Crippen LogP contribution in [0.3, 0.4) is 0 Å². The summed E-state index contributed by atoms with van der Waals surface area (Å²) in [6, 6.07) is 4.78. The zero-order valence-electron chi connectivity index (χ0n) is 14.2. The average molecular weight is 333 g/mol. The van der Waals surface area contributed by atoms with Gasteiger partial charge in [-0.05, 0) is 50.1 Å². The number of hydrogen-bond acceptors (Lipinski definition) is 3. The zero-order valence-corrected chi connectivity index (χ0v) is 14.2. The van der Waals surface area contributed by atoms with Gasteiger partial charge >= 0.3 is 0 Å². The highest BCUT2D eigenvalue weighted by Crippen LogP contribution is 2.35. The van der Waals surface area contributed by atoms with E-state index in [2.05, 4.69) is 9.88 Å². The first kappa shape index (κ1) is 16.9. The predicted molar refractivity (Wildman–Crippen MR) is 91.1 cm³/mol. The van der Waals surface area contributed by atoms with Gasteiger partial charge in [-0.25, -0.2) is 4.39 Å². The Morgan fingerprint density at radius 3 is 3.00 bits per heavy atom. The Kier molecular flexibility index (Phi) is 4.60. The molecule has 2 aromatic rings. The van der Waals surface area contributed by atoms with Crippen LogP contribution in [0, 0.1) is 12.7 Å². The van der Waals surface area contributed by atoms with Gasteiger partial charge in [-0.1, -0.05) is 0 Å². The summed E-state index contributed by atoms with van der Waals surface area (Å²) in [4.78, 5) is 17.2. The molecular weight excluding hydrogens is 309 g/mol. The van der Waals surface area contributed by atoms with E-state index in [1.54, 1.807) is 19.2 Å². The molecule has 2 heterocycles. The molecule has 1 atom stereocenters. The number of fused-ring (bicyclic) bond motifs is 1. The van der Waals surface area contributed by atoms with E-state index in [1.165, 1.54) is 6.07 Å². The van der Waals surface area contributed by atoms with Gasteiger partial charge in [0.15, 0.2) is 0 Å². The van der Waals surface area contributed by atoms with Crippen molar-refractivity contribution in [3.05, 3.63) is 35.3 Å². The lowest BCUT2D eigenvalue weighted by molar-refractivity contribution is -0.121. The fraction of sp³-hybridized carbons (Fsp3) is 0.500. The first-order valence-electron chi connectivity index (χ1n) is 8.24. The molecule has 0 bridgehead atoms. The Hall–Kier alpha value is -1.92. The SMILES string of the molecule is COCC1(CC(N)=O)CCCN1Cc1[nH]c2ccc(F)cc2c1C. The number of aryl methyl sites for hydroxylation is 1. The zero-order chi connectivity index (χ0) is 17.3. The highest BCUT2D eigenvalue weighted by atomic mass is 19.1. The monoisotopic (exact) mass is 333 g/mol. The third-order valence-electron chi connectivity index (χ3n) is 5.13. The van der Waals surface area contributed by atoms with Gasteiger partial charge in [0, 0.05) is 36.7 Å². The van der Waals surface area contributed by atoms with E-state index in [0.717, 1.165) is 41.5 Å². The number of halogens is 1. The Labute approximate surface area is 141 Å². The number of hydrogen-bond donors (Lipinski definition) is 2. The molecule has 3 rings (SSSR count). The fourth-order valence-electron chi connectivity index (χ4n) is 3.95. The maximum atomic E-state index is 13.5. The van der Waals surface area contributed by atoms with E-state index in [4.69, 9.17) is 10.5 Å². The minimum atomic E-state index is -0.352. The number of aromatic nitrogens is 1. The third kappa shape index (κ3) is 3.03. The topological polar surface area (TPSA) is 71.3 Å². The van der Waals surface area contributed by atoms with E-state index in [1.807, 2.05) is 6.92 Å². The summed E-state index contributed by atoms with van der Waals surface area (Å²) in [7, 11) is 1.65. The van der Waals surface area contributed by atoms with Crippen LogP contribution in [0.1, 0.15) is 30.5 Å². The van der Waals surface area contributed by atoms with Crippen molar-refractivity contribution in [2.45, 2.75) is 38.3 Å². The maximum Gasteiger partial charge on any atom is 0.219 e.